The molecule has 0 fully saturated rings. The quantitative estimate of drug-likeness (QED) is 0.222. The van der Waals surface area contributed by atoms with Crippen LogP contribution in [0.2, 0.25) is 10.0 Å². The molecule has 0 saturated carbocycles. The van der Waals surface area contributed by atoms with Gasteiger partial charge in [0.15, 0.2) is 0 Å². The zero-order valence-corrected chi connectivity index (χ0v) is 23.4. The molecule has 5 nitrogen and oxygen atoms in total. The zero-order valence-electron chi connectivity index (χ0n) is 21.9. The minimum Gasteiger partial charge on any atom is -0.480 e. The maximum Gasteiger partial charge on any atom is 0.326 e. The van der Waals surface area contributed by atoms with Crippen LogP contribution in [0.1, 0.15) is 36.2 Å². The molecule has 0 saturated heterocycles. The number of nitrogens with zero attached hydrogens (tertiary/aromatic N) is 1. The second-order valence-electron chi connectivity index (χ2n) is 8.76. The van der Waals surface area contributed by atoms with Gasteiger partial charge >= 0.3 is 5.97 Å². The topological polar surface area (TPSA) is 66.8 Å². The van der Waals surface area contributed by atoms with Crippen molar-refractivity contribution < 1.29 is 19.4 Å². The highest BCUT2D eigenvalue weighted by molar-refractivity contribution is 6.36. The summed E-state index contributed by atoms with van der Waals surface area (Å²) in [6, 6.07) is 12.7. The van der Waals surface area contributed by atoms with E-state index in [1.807, 2.05) is 86.7 Å². The first-order chi connectivity index (χ1) is 18.8. The number of rotatable bonds is 11. The van der Waals surface area contributed by atoms with E-state index in [9.17, 15) is 14.7 Å². The number of allylic oxidation sites excluding steroid dienone is 7. The van der Waals surface area contributed by atoms with Gasteiger partial charge in [0.25, 0.3) is 5.91 Å². The summed E-state index contributed by atoms with van der Waals surface area (Å²) in [5, 5.41) is 10.8. The normalized spacial score (nSPS) is 14.6. The predicted octanol–water partition coefficient (Wildman–Crippen LogP) is 7.95. The number of benzene rings is 2. The maximum absolute atomic E-state index is 13.9. The summed E-state index contributed by atoms with van der Waals surface area (Å²) in [5.41, 5.74) is 2.54. The van der Waals surface area contributed by atoms with Gasteiger partial charge in [-0.15, -0.1) is 0 Å². The summed E-state index contributed by atoms with van der Waals surface area (Å²) in [5.74, 6) is -0.991. The summed E-state index contributed by atoms with van der Waals surface area (Å²) in [4.78, 5) is 27.8. The van der Waals surface area contributed by atoms with Crippen LogP contribution in [0.25, 0.3) is 0 Å². The minimum atomic E-state index is -1.14. The number of aliphatic carboxylic acids is 1. The van der Waals surface area contributed by atoms with E-state index in [2.05, 4.69) is 0 Å². The molecule has 39 heavy (non-hydrogen) atoms. The molecule has 0 aliphatic heterocycles. The van der Waals surface area contributed by atoms with Gasteiger partial charge in [0, 0.05) is 23.6 Å². The molecule has 0 bridgehead atoms. The molecule has 1 atom stereocenters. The molecule has 0 spiro atoms. The lowest BCUT2D eigenvalue weighted by molar-refractivity contribution is -0.142. The first kappa shape index (κ1) is 29.8. The van der Waals surface area contributed by atoms with Crippen molar-refractivity contribution in [3.8, 4) is 0 Å². The number of carboxylic acids is 1. The molecule has 0 aromatic heterocycles. The number of halogens is 2. The van der Waals surface area contributed by atoms with Gasteiger partial charge in [-0.25, -0.2) is 4.79 Å². The molecular formula is C32H31Cl2NO4. The van der Waals surface area contributed by atoms with E-state index in [1.165, 1.54) is 17.0 Å². The van der Waals surface area contributed by atoms with Gasteiger partial charge in [-0.3, -0.25) is 4.79 Å². The van der Waals surface area contributed by atoms with Gasteiger partial charge in [-0.05, 0) is 61.8 Å². The Morgan fingerprint density at radius 2 is 1.87 bits per heavy atom. The Kier molecular flexibility index (Phi) is 11.4. The molecule has 1 aliphatic carbocycles. The van der Waals surface area contributed by atoms with Crippen LogP contribution in [0.3, 0.4) is 0 Å². The van der Waals surface area contributed by atoms with Gasteiger partial charge in [0.1, 0.15) is 11.8 Å². The number of carbonyl (C=O) groups excluding carboxylic acids is 1. The molecule has 3 rings (SSSR count). The standard InChI is InChI=1S/C32H31Cl2NO4/c1-3-5-15-30(39-18-4-2)25-14-10-9-13-24(19-25)22-35(31(36)27-17-16-26(33)21-28(27)34)29(32(37)38)20-23-11-7-6-8-12-23/h3-8,10-19,21,29H,9,20,22H2,1-2H3,(H,37,38)/b5-3+,18-4+,30-15-/t29-/m0/s1. The summed E-state index contributed by atoms with van der Waals surface area (Å²) < 4.78 is 5.83. The monoisotopic (exact) mass is 563 g/mol. The second-order valence-corrected chi connectivity index (χ2v) is 9.61. The lowest BCUT2D eigenvalue weighted by atomic mass is 10.0. The summed E-state index contributed by atoms with van der Waals surface area (Å²) in [6.07, 6.45) is 17.6. The number of hydrogen-bond donors (Lipinski definition) is 1. The molecule has 2 aromatic carbocycles. The van der Waals surface area contributed by atoms with E-state index in [0.717, 1.165) is 16.7 Å². The highest BCUT2D eigenvalue weighted by Gasteiger charge is 2.32. The van der Waals surface area contributed by atoms with E-state index in [4.69, 9.17) is 27.9 Å². The van der Waals surface area contributed by atoms with Crippen LogP contribution in [0.4, 0.5) is 0 Å². The van der Waals surface area contributed by atoms with Gasteiger partial charge in [0.2, 0.25) is 0 Å². The van der Waals surface area contributed by atoms with Crippen molar-refractivity contribution in [2.24, 2.45) is 0 Å². The smallest absolute Gasteiger partial charge is 0.326 e. The number of carbonyl (C=O) groups is 2. The lowest BCUT2D eigenvalue weighted by Gasteiger charge is -2.30. The first-order valence-electron chi connectivity index (χ1n) is 12.5. The van der Waals surface area contributed by atoms with Gasteiger partial charge in [0.05, 0.1) is 16.8 Å². The highest BCUT2D eigenvalue weighted by Crippen LogP contribution is 2.26. The van der Waals surface area contributed by atoms with Gasteiger partial charge in [-0.2, -0.15) is 0 Å². The Morgan fingerprint density at radius 3 is 2.54 bits per heavy atom. The summed E-state index contributed by atoms with van der Waals surface area (Å²) in [7, 11) is 0. The van der Waals surface area contributed by atoms with Crippen LogP contribution >= 0.6 is 23.2 Å². The number of amides is 1. The van der Waals surface area contributed by atoms with Crippen molar-refractivity contribution in [2.45, 2.75) is 32.7 Å². The Hall–Kier alpha value is -3.80. The highest BCUT2D eigenvalue weighted by atomic mass is 35.5. The Morgan fingerprint density at radius 1 is 1.10 bits per heavy atom. The Balaban J connectivity index is 2.05. The largest absolute Gasteiger partial charge is 0.480 e. The van der Waals surface area contributed by atoms with E-state index in [1.54, 1.807) is 18.4 Å². The molecule has 0 unspecified atom stereocenters. The van der Waals surface area contributed by atoms with Crippen molar-refractivity contribution in [2.75, 3.05) is 6.54 Å². The number of carboxylic acid groups (broad SMARTS) is 1. The first-order valence-corrected chi connectivity index (χ1v) is 13.3. The van der Waals surface area contributed by atoms with Gasteiger partial charge in [-0.1, -0.05) is 90.0 Å². The number of hydrogen-bond acceptors (Lipinski definition) is 3. The van der Waals surface area contributed by atoms with Crippen LogP contribution in [0.15, 0.2) is 120 Å². The summed E-state index contributed by atoms with van der Waals surface area (Å²) >= 11 is 12.4. The van der Waals surface area contributed by atoms with Crippen molar-refractivity contribution in [1.29, 1.82) is 0 Å². The maximum atomic E-state index is 13.9. The minimum absolute atomic E-state index is 0.0489. The van der Waals surface area contributed by atoms with Crippen LogP contribution < -0.4 is 0 Å². The van der Waals surface area contributed by atoms with E-state index in [0.29, 0.717) is 17.2 Å². The molecule has 1 N–H and O–H groups in total. The molecular weight excluding hydrogens is 533 g/mol. The van der Waals surface area contributed by atoms with Crippen molar-refractivity contribution in [1.82, 2.24) is 4.90 Å². The van der Waals surface area contributed by atoms with E-state index >= 15 is 0 Å². The molecule has 7 heteroatoms. The molecule has 0 heterocycles. The van der Waals surface area contributed by atoms with E-state index in [-0.39, 0.29) is 23.6 Å². The van der Waals surface area contributed by atoms with Crippen molar-refractivity contribution >= 4 is 35.1 Å². The predicted molar refractivity (Wildman–Crippen MR) is 158 cm³/mol. The molecule has 0 radical (unpaired) electrons. The third-order valence-corrected chi connectivity index (χ3v) is 6.47. The van der Waals surface area contributed by atoms with Crippen molar-refractivity contribution in [3.05, 3.63) is 141 Å². The fourth-order valence-electron chi connectivity index (χ4n) is 4.02. The average Bonchev–Trinajstić information content (AvgIpc) is 3.16. The van der Waals surface area contributed by atoms with Crippen LogP contribution in [0.5, 0.6) is 0 Å². The molecule has 2 aromatic rings. The summed E-state index contributed by atoms with van der Waals surface area (Å²) in [6.45, 7) is 3.82. The second kappa shape index (κ2) is 15.0. The van der Waals surface area contributed by atoms with Crippen LogP contribution in [0, 0.1) is 0 Å². The SMILES string of the molecule is C/C=C/C=C(\O/C=C/C)C1=CC(CN(C(=O)c2ccc(Cl)cc2Cl)[C@@H](Cc2ccccc2)C(=O)O)=CCC=C1. The average molecular weight is 565 g/mol. The third kappa shape index (κ3) is 8.60. The Bertz CT molecular complexity index is 1350. The third-order valence-electron chi connectivity index (χ3n) is 5.92. The van der Waals surface area contributed by atoms with Crippen LogP contribution in [-0.2, 0) is 16.0 Å². The van der Waals surface area contributed by atoms with Crippen LogP contribution in [-0.4, -0.2) is 34.5 Å². The van der Waals surface area contributed by atoms with Crippen molar-refractivity contribution in [3.63, 3.8) is 0 Å². The van der Waals surface area contributed by atoms with Gasteiger partial charge < -0.3 is 14.7 Å². The Labute approximate surface area is 239 Å². The molecule has 1 aliphatic rings. The number of ether oxygens (including phenoxy) is 1. The lowest BCUT2D eigenvalue weighted by Crippen LogP contribution is -2.47. The molecule has 202 valence electrons. The molecule has 1 amide bonds. The fourth-order valence-corrected chi connectivity index (χ4v) is 4.51. The zero-order chi connectivity index (χ0) is 28.2. The van der Waals surface area contributed by atoms with E-state index < -0.39 is 17.9 Å². The fraction of sp³-hybridized carbons (Fsp3) is 0.188.